The first-order valence-electron chi connectivity index (χ1n) is 14.2. The lowest BCUT2D eigenvalue weighted by Crippen LogP contribution is -2.58. The number of likely N-dealkylation sites (tertiary alicyclic amines) is 1. The molecule has 1 saturated carbocycles. The molecule has 0 radical (unpaired) electrons. The molecule has 39 heavy (non-hydrogen) atoms. The zero-order valence-corrected chi connectivity index (χ0v) is 23.1. The van der Waals surface area contributed by atoms with E-state index in [1.807, 2.05) is 0 Å². The molecule has 11 heteroatoms. The summed E-state index contributed by atoms with van der Waals surface area (Å²) in [6.07, 6.45) is 6.64. The molecule has 2 saturated heterocycles. The van der Waals surface area contributed by atoms with Crippen molar-refractivity contribution >= 4 is 23.8 Å². The average Bonchev–Trinajstić information content (AvgIpc) is 3.46. The number of halogens is 2. The van der Waals surface area contributed by atoms with E-state index in [0.29, 0.717) is 11.8 Å². The van der Waals surface area contributed by atoms with Crippen LogP contribution >= 0.6 is 11.6 Å². The number of ether oxygens (including phenoxy) is 1. The minimum atomic E-state index is -1.38. The second kappa shape index (κ2) is 12.8. The summed E-state index contributed by atoms with van der Waals surface area (Å²) in [5.74, 6) is 0.168. The fraction of sp³-hybridized carbons (Fsp3) is 0.714. The van der Waals surface area contributed by atoms with E-state index in [2.05, 4.69) is 20.4 Å². The number of amidine groups is 1. The monoisotopic (exact) mass is 566 g/mol. The second-order valence-corrected chi connectivity index (χ2v) is 11.7. The molecule has 0 bridgehead atoms. The first-order valence-corrected chi connectivity index (χ1v) is 14.6. The molecule has 3 unspecified atom stereocenters. The molecule has 8 atom stereocenters. The Balaban J connectivity index is 1.43. The van der Waals surface area contributed by atoms with Gasteiger partial charge in [-0.25, -0.2) is 9.38 Å². The van der Waals surface area contributed by atoms with Crippen LogP contribution in [0.2, 0.25) is 5.02 Å². The number of aliphatic hydroxyl groups is 3. The van der Waals surface area contributed by atoms with E-state index in [0.717, 1.165) is 38.2 Å². The molecule has 216 valence electrons. The van der Waals surface area contributed by atoms with E-state index in [4.69, 9.17) is 21.2 Å². The van der Waals surface area contributed by atoms with Crippen molar-refractivity contribution in [1.29, 1.82) is 0 Å². The van der Waals surface area contributed by atoms with Crippen molar-refractivity contribution in [2.75, 3.05) is 7.11 Å². The number of aliphatic hydroxyl groups excluding tert-OH is 3. The molecular formula is C28H40ClFN4O5. The Bertz CT molecular complexity index is 1040. The van der Waals surface area contributed by atoms with Crippen LogP contribution in [0.15, 0.2) is 28.3 Å². The minimum Gasteiger partial charge on any atom is -0.398 e. The summed E-state index contributed by atoms with van der Waals surface area (Å²) < 4.78 is 20.4. The zero-order valence-electron chi connectivity index (χ0n) is 22.3. The summed E-state index contributed by atoms with van der Waals surface area (Å²) >= 11 is 5.82. The highest BCUT2D eigenvalue weighted by atomic mass is 35.5. The maximum atomic E-state index is 14.1. The van der Waals surface area contributed by atoms with Gasteiger partial charge < -0.3 is 30.2 Å². The van der Waals surface area contributed by atoms with Gasteiger partial charge in [0.1, 0.15) is 43.6 Å². The average molecular weight is 567 g/mol. The zero-order chi connectivity index (χ0) is 27.5. The van der Waals surface area contributed by atoms with Crippen LogP contribution in [0.3, 0.4) is 0 Å². The molecule has 1 aromatic carbocycles. The Morgan fingerprint density at radius 3 is 2.49 bits per heavy atom. The van der Waals surface area contributed by atoms with Crippen molar-refractivity contribution in [2.45, 2.75) is 107 Å². The Hall–Kier alpha value is -1.82. The van der Waals surface area contributed by atoms with Crippen LogP contribution in [-0.4, -0.2) is 76.3 Å². The first kappa shape index (κ1) is 28.7. The summed E-state index contributed by atoms with van der Waals surface area (Å²) in [7, 11) is 1.50. The molecule has 3 heterocycles. The van der Waals surface area contributed by atoms with Gasteiger partial charge in [-0.15, -0.1) is 0 Å². The Morgan fingerprint density at radius 1 is 1.13 bits per heavy atom. The highest BCUT2D eigenvalue weighted by Crippen LogP contribution is 2.44. The minimum absolute atomic E-state index is 0.0337. The third-order valence-electron chi connectivity index (χ3n) is 8.90. The number of benzene rings is 1. The van der Waals surface area contributed by atoms with Crippen LogP contribution in [0.4, 0.5) is 4.39 Å². The predicted octanol–water partition coefficient (Wildman–Crippen LogP) is 3.71. The molecule has 3 aliphatic heterocycles. The van der Waals surface area contributed by atoms with Crippen molar-refractivity contribution in [3.05, 3.63) is 34.6 Å². The molecule has 0 aromatic heterocycles. The number of fused-ring (bicyclic) bond motifs is 1. The van der Waals surface area contributed by atoms with Crippen molar-refractivity contribution in [1.82, 2.24) is 10.2 Å². The Labute approximate surface area is 234 Å². The highest BCUT2D eigenvalue weighted by Gasteiger charge is 2.57. The van der Waals surface area contributed by atoms with Gasteiger partial charge in [-0.1, -0.05) is 67.8 Å². The van der Waals surface area contributed by atoms with Gasteiger partial charge in [0.15, 0.2) is 5.84 Å². The first-order chi connectivity index (χ1) is 18.9. The quantitative estimate of drug-likeness (QED) is 0.401. The summed E-state index contributed by atoms with van der Waals surface area (Å²) in [4.78, 5) is 11.6. The predicted molar refractivity (Wildman–Crippen MR) is 146 cm³/mol. The van der Waals surface area contributed by atoms with Crippen LogP contribution in [0.5, 0.6) is 0 Å². The molecule has 4 N–H and O–H groups in total. The fourth-order valence-electron chi connectivity index (χ4n) is 6.92. The lowest BCUT2D eigenvalue weighted by molar-refractivity contribution is -0.139. The van der Waals surface area contributed by atoms with Crippen molar-refractivity contribution in [2.24, 2.45) is 22.0 Å². The fourth-order valence-corrected chi connectivity index (χ4v) is 7.04. The Morgan fingerprint density at radius 2 is 1.82 bits per heavy atom. The van der Waals surface area contributed by atoms with Gasteiger partial charge in [0.25, 0.3) is 0 Å². The van der Waals surface area contributed by atoms with Gasteiger partial charge in [0.2, 0.25) is 0 Å². The van der Waals surface area contributed by atoms with Crippen LogP contribution in [0.1, 0.15) is 75.9 Å². The van der Waals surface area contributed by atoms with Crippen molar-refractivity contribution < 1.29 is 29.3 Å². The smallest absolute Gasteiger partial charge is 0.175 e. The van der Waals surface area contributed by atoms with E-state index in [9.17, 15) is 19.7 Å². The second-order valence-electron chi connectivity index (χ2n) is 11.3. The molecule has 9 nitrogen and oxygen atoms in total. The van der Waals surface area contributed by atoms with Crippen LogP contribution in [-0.2, 0) is 9.57 Å². The van der Waals surface area contributed by atoms with Crippen LogP contribution in [0.25, 0.3) is 0 Å². The Kier molecular flexibility index (Phi) is 9.41. The molecule has 1 aliphatic carbocycles. The van der Waals surface area contributed by atoms with Gasteiger partial charge in [-0.2, -0.15) is 0 Å². The van der Waals surface area contributed by atoms with Gasteiger partial charge in [0.05, 0.1) is 23.4 Å². The lowest BCUT2D eigenvalue weighted by atomic mass is 9.84. The van der Waals surface area contributed by atoms with E-state index >= 15 is 0 Å². The number of aliphatic imine (C=N–C) groups is 1. The number of rotatable bonds is 5. The number of nitrogens with zero attached hydrogens (tertiary/aromatic N) is 3. The molecule has 0 spiro atoms. The van der Waals surface area contributed by atoms with Crippen LogP contribution < -0.4 is 5.32 Å². The molecule has 5 rings (SSSR count). The molecule has 3 fully saturated rings. The van der Waals surface area contributed by atoms with Gasteiger partial charge in [-0.05, 0) is 42.9 Å². The van der Waals surface area contributed by atoms with Crippen molar-refractivity contribution in [3.8, 4) is 0 Å². The summed E-state index contributed by atoms with van der Waals surface area (Å²) in [6.45, 7) is 0. The van der Waals surface area contributed by atoms with Gasteiger partial charge >= 0.3 is 0 Å². The standard InChI is InChI=1S/C28H40ClFN4O5/c1-38-33-26-18-14-21(16-9-7-5-3-2-4-6-8-10-16)34(27(18)32-15-31-26)28-24(37)23(36)25(39-28)22(35)17-11-12-19(29)20(30)13-17/h11-13,15-16,18,21-25,27-28,35-37H,2-10,14H2,1H3,(H,31,32,33)/t18?,21?,22-,23+,24-,25-,27?,28-/m1/s1. The normalized spacial score (nSPS) is 36.5. The van der Waals surface area contributed by atoms with Crippen molar-refractivity contribution in [3.63, 3.8) is 0 Å². The number of nitrogens with one attached hydrogen (secondary N) is 1. The van der Waals surface area contributed by atoms with E-state index < -0.39 is 36.5 Å². The third-order valence-corrected chi connectivity index (χ3v) is 9.21. The van der Waals surface area contributed by atoms with E-state index in [1.165, 1.54) is 51.3 Å². The van der Waals surface area contributed by atoms with E-state index in [1.54, 1.807) is 6.34 Å². The third kappa shape index (κ3) is 5.96. The van der Waals surface area contributed by atoms with E-state index in [-0.39, 0.29) is 28.7 Å². The van der Waals surface area contributed by atoms with Crippen LogP contribution in [0, 0.1) is 17.7 Å². The van der Waals surface area contributed by atoms with Gasteiger partial charge in [0, 0.05) is 6.04 Å². The maximum absolute atomic E-state index is 14.1. The summed E-state index contributed by atoms with van der Waals surface area (Å²) in [6, 6.07) is 4.01. The topological polar surface area (TPSA) is 119 Å². The van der Waals surface area contributed by atoms with Gasteiger partial charge in [-0.3, -0.25) is 4.90 Å². The maximum Gasteiger partial charge on any atom is 0.175 e. The number of hydrogen-bond donors (Lipinski definition) is 4. The number of hydrogen-bond acceptors (Lipinski definition) is 8. The summed E-state index contributed by atoms with van der Waals surface area (Å²) in [5.41, 5.74) is 0.217. The molecule has 1 aromatic rings. The molecule has 4 aliphatic rings. The SMILES string of the molecule is CO/N=C1/N=CNC2C1CC(C1CCCCCCCCC1)N2[C@@H]1O[C@H]([C@H](O)c2ccc(Cl)c(F)c2)[C@@H](O)[C@H]1O. The summed E-state index contributed by atoms with van der Waals surface area (Å²) in [5, 5.41) is 40.9. The molecular weight excluding hydrogens is 527 g/mol. The number of oxime groups is 1. The lowest BCUT2D eigenvalue weighted by Gasteiger charge is -2.40. The highest BCUT2D eigenvalue weighted by molar-refractivity contribution is 6.30. The molecule has 0 amide bonds. The largest absolute Gasteiger partial charge is 0.398 e.